The Bertz CT molecular complexity index is 674. The van der Waals surface area contributed by atoms with Gasteiger partial charge in [-0.3, -0.25) is 0 Å². The second-order valence-corrected chi connectivity index (χ2v) is 6.18. The summed E-state index contributed by atoms with van der Waals surface area (Å²) in [5, 5.41) is 3.10. The lowest BCUT2D eigenvalue weighted by Crippen LogP contribution is -2.25. The molecule has 7 heteroatoms. The lowest BCUT2D eigenvalue weighted by molar-refractivity contribution is 0.581. The van der Waals surface area contributed by atoms with Gasteiger partial charge in [-0.2, -0.15) is 0 Å². The quantitative estimate of drug-likeness (QED) is 0.814. The summed E-state index contributed by atoms with van der Waals surface area (Å²) >= 11 is 0. The lowest BCUT2D eigenvalue weighted by atomic mass is 10.3. The van der Waals surface area contributed by atoms with Gasteiger partial charge in [0.2, 0.25) is 10.0 Å². The molecule has 0 radical (unpaired) electrons. The van der Waals surface area contributed by atoms with Crippen molar-refractivity contribution in [3.05, 3.63) is 48.5 Å². The summed E-state index contributed by atoms with van der Waals surface area (Å²) in [5.41, 5.74) is 1.35. The molecule has 2 N–H and O–H groups in total. The van der Waals surface area contributed by atoms with Gasteiger partial charge >= 0.3 is 0 Å². The van der Waals surface area contributed by atoms with Gasteiger partial charge in [0.1, 0.15) is 11.2 Å². The van der Waals surface area contributed by atoms with Crippen LogP contribution in [-0.4, -0.2) is 24.9 Å². The minimum atomic E-state index is -3.50. The average Bonchev–Trinajstić information content (AvgIpc) is 2.52. The number of hydrogen-bond donors (Lipinski definition) is 2. The number of rotatable bonds is 7. The summed E-state index contributed by atoms with van der Waals surface area (Å²) in [7, 11) is -3.50. The van der Waals surface area contributed by atoms with Crippen LogP contribution in [0.1, 0.15) is 19.0 Å². The zero-order chi connectivity index (χ0) is 15.1. The summed E-state index contributed by atoms with van der Waals surface area (Å²) in [6, 6.07) is 8.60. The van der Waals surface area contributed by atoms with Crippen LogP contribution in [0.2, 0.25) is 0 Å². The maximum absolute atomic E-state index is 12.2. The van der Waals surface area contributed by atoms with Crippen LogP contribution < -0.4 is 10.0 Å². The Morgan fingerprint density at radius 3 is 2.71 bits per heavy atom. The fourth-order valence-corrected chi connectivity index (χ4v) is 3.09. The van der Waals surface area contributed by atoms with Crippen LogP contribution in [0.15, 0.2) is 47.8 Å². The van der Waals surface area contributed by atoms with E-state index in [4.69, 9.17) is 0 Å². The Labute approximate surface area is 124 Å². The Balaban J connectivity index is 2.17. The molecule has 0 saturated heterocycles. The summed E-state index contributed by atoms with van der Waals surface area (Å²) in [5.74, 6) is 0. The first-order valence-corrected chi connectivity index (χ1v) is 8.19. The number of benzene rings is 1. The van der Waals surface area contributed by atoms with E-state index < -0.39 is 10.0 Å². The second-order valence-electron chi connectivity index (χ2n) is 4.45. The molecule has 0 bridgehead atoms. The molecule has 0 amide bonds. The number of sulfonamides is 1. The van der Waals surface area contributed by atoms with E-state index in [1.54, 1.807) is 36.5 Å². The second kappa shape index (κ2) is 7.14. The number of para-hydroxylation sites is 1. The van der Waals surface area contributed by atoms with Gasteiger partial charge in [0.25, 0.3) is 0 Å². The van der Waals surface area contributed by atoms with Crippen molar-refractivity contribution in [3.8, 4) is 0 Å². The van der Waals surface area contributed by atoms with Gasteiger partial charge in [0.05, 0.1) is 17.9 Å². The Morgan fingerprint density at radius 2 is 2.00 bits per heavy atom. The molecule has 0 spiro atoms. The minimum absolute atomic E-state index is 0.243. The van der Waals surface area contributed by atoms with Crippen LogP contribution in [0.4, 0.5) is 5.69 Å². The Hall–Kier alpha value is -1.99. The van der Waals surface area contributed by atoms with Crippen molar-refractivity contribution in [2.45, 2.75) is 24.8 Å². The fraction of sp³-hybridized carbons (Fsp3) is 0.286. The van der Waals surface area contributed by atoms with E-state index in [1.165, 1.54) is 6.33 Å². The fourth-order valence-electron chi connectivity index (χ4n) is 1.77. The number of nitrogens with one attached hydrogen (secondary N) is 2. The summed E-state index contributed by atoms with van der Waals surface area (Å²) < 4.78 is 27.1. The highest BCUT2D eigenvalue weighted by Crippen LogP contribution is 2.21. The molecular formula is C14H18N4O2S. The van der Waals surface area contributed by atoms with Crippen molar-refractivity contribution in [1.29, 1.82) is 0 Å². The lowest BCUT2D eigenvalue weighted by Gasteiger charge is -2.12. The SMILES string of the molecule is CCCNS(=O)(=O)c1ccccc1NCc1ccncn1. The molecule has 0 aliphatic heterocycles. The third kappa shape index (κ3) is 4.24. The summed E-state index contributed by atoms with van der Waals surface area (Å²) in [4.78, 5) is 8.19. The minimum Gasteiger partial charge on any atom is -0.378 e. The Morgan fingerprint density at radius 1 is 1.19 bits per heavy atom. The number of aromatic nitrogens is 2. The zero-order valence-corrected chi connectivity index (χ0v) is 12.6. The van der Waals surface area contributed by atoms with E-state index in [9.17, 15) is 8.42 Å². The van der Waals surface area contributed by atoms with Crippen molar-refractivity contribution in [2.24, 2.45) is 0 Å². The average molecular weight is 306 g/mol. The predicted octanol–water partition coefficient (Wildman–Crippen LogP) is 1.78. The van der Waals surface area contributed by atoms with Gasteiger partial charge < -0.3 is 5.32 Å². The molecule has 1 aromatic carbocycles. The van der Waals surface area contributed by atoms with Crippen LogP contribution in [0.3, 0.4) is 0 Å². The molecule has 0 unspecified atom stereocenters. The summed E-state index contributed by atoms with van der Waals surface area (Å²) in [6.07, 6.45) is 3.85. The van der Waals surface area contributed by atoms with Crippen LogP contribution in [0, 0.1) is 0 Å². The van der Waals surface area contributed by atoms with E-state index in [1.807, 2.05) is 6.92 Å². The van der Waals surface area contributed by atoms with Crippen molar-refractivity contribution >= 4 is 15.7 Å². The van der Waals surface area contributed by atoms with Gasteiger partial charge in [0, 0.05) is 12.7 Å². The zero-order valence-electron chi connectivity index (χ0n) is 11.8. The normalized spacial score (nSPS) is 11.3. The largest absolute Gasteiger partial charge is 0.378 e. The monoisotopic (exact) mass is 306 g/mol. The molecule has 1 heterocycles. The molecule has 0 aliphatic rings. The first kappa shape index (κ1) is 15.4. The molecule has 0 fully saturated rings. The van der Waals surface area contributed by atoms with Crippen molar-refractivity contribution in [2.75, 3.05) is 11.9 Å². The van der Waals surface area contributed by atoms with Crippen molar-refractivity contribution in [1.82, 2.24) is 14.7 Å². The van der Waals surface area contributed by atoms with Crippen molar-refractivity contribution < 1.29 is 8.42 Å². The highest BCUT2D eigenvalue weighted by atomic mass is 32.2. The highest BCUT2D eigenvalue weighted by Gasteiger charge is 2.17. The van der Waals surface area contributed by atoms with Gasteiger partial charge in [-0.25, -0.2) is 23.1 Å². The highest BCUT2D eigenvalue weighted by molar-refractivity contribution is 7.89. The number of nitrogens with zero attached hydrogens (tertiary/aromatic N) is 2. The molecule has 0 saturated carbocycles. The van der Waals surface area contributed by atoms with E-state index in [0.717, 1.165) is 12.1 Å². The molecule has 6 nitrogen and oxygen atoms in total. The van der Waals surface area contributed by atoms with Crippen LogP contribution in [0.25, 0.3) is 0 Å². The Kier molecular flexibility index (Phi) is 5.24. The van der Waals surface area contributed by atoms with Gasteiger partial charge in [0.15, 0.2) is 0 Å². The maximum atomic E-state index is 12.2. The van der Waals surface area contributed by atoms with Crippen molar-refractivity contribution in [3.63, 3.8) is 0 Å². The third-order valence-electron chi connectivity index (χ3n) is 2.82. The predicted molar refractivity (Wildman–Crippen MR) is 81.3 cm³/mol. The van der Waals surface area contributed by atoms with Gasteiger partial charge in [-0.05, 0) is 24.6 Å². The molecule has 21 heavy (non-hydrogen) atoms. The number of hydrogen-bond acceptors (Lipinski definition) is 5. The molecule has 0 atom stereocenters. The van der Waals surface area contributed by atoms with E-state index in [0.29, 0.717) is 18.8 Å². The van der Waals surface area contributed by atoms with Crippen LogP contribution in [0.5, 0.6) is 0 Å². The smallest absolute Gasteiger partial charge is 0.242 e. The van der Waals surface area contributed by atoms with Gasteiger partial charge in [-0.15, -0.1) is 0 Å². The van der Waals surface area contributed by atoms with Crippen LogP contribution in [-0.2, 0) is 16.6 Å². The van der Waals surface area contributed by atoms with E-state index in [2.05, 4.69) is 20.0 Å². The molecule has 2 aromatic rings. The van der Waals surface area contributed by atoms with E-state index >= 15 is 0 Å². The molecule has 0 aliphatic carbocycles. The maximum Gasteiger partial charge on any atom is 0.242 e. The third-order valence-corrected chi connectivity index (χ3v) is 4.34. The van der Waals surface area contributed by atoms with Gasteiger partial charge in [-0.1, -0.05) is 19.1 Å². The molecule has 112 valence electrons. The molecular weight excluding hydrogens is 288 g/mol. The van der Waals surface area contributed by atoms with Crippen LogP contribution >= 0.6 is 0 Å². The molecule has 1 aromatic heterocycles. The first-order valence-electron chi connectivity index (χ1n) is 6.71. The topological polar surface area (TPSA) is 84.0 Å². The first-order chi connectivity index (χ1) is 10.1. The number of anilines is 1. The standard InChI is InChI=1S/C14H18N4O2S/c1-2-8-18-21(19,20)14-6-4-3-5-13(14)16-10-12-7-9-15-11-17-12/h3-7,9,11,16,18H,2,8,10H2,1H3. The molecule has 2 rings (SSSR count). The summed E-state index contributed by atoms with van der Waals surface area (Å²) in [6.45, 7) is 2.77. The van der Waals surface area contributed by atoms with E-state index in [-0.39, 0.29) is 4.90 Å².